The minimum atomic E-state index is -0.0303. The molecule has 19 heavy (non-hydrogen) atoms. The van der Waals surface area contributed by atoms with Crippen molar-refractivity contribution in [3.8, 4) is 0 Å². The third-order valence-corrected chi connectivity index (χ3v) is 3.07. The van der Waals surface area contributed by atoms with Crippen LogP contribution in [0.4, 0.5) is 5.82 Å². The molecular formula is C12H19ClN4OS. The minimum absolute atomic E-state index is 0.0303. The van der Waals surface area contributed by atoms with Crippen LogP contribution in [0.2, 0.25) is 5.15 Å². The van der Waals surface area contributed by atoms with Crippen molar-refractivity contribution in [2.45, 2.75) is 32.0 Å². The summed E-state index contributed by atoms with van der Waals surface area (Å²) >= 11 is 7.38. The first-order valence-electron chi connectivity index (χ1n) is 6.09. The number of carbonyl (C=O) groups excluding carboxylic acids is 1. The van der Waals surface area contributed by atoms with Gasteiger partial charge in [0.25, 0.3) is 0 Å². The maximum absolute atomic E-state index is 11.8. The average Bonchev–Trinajstić information content (AvgIpc) is 2.34. The molecule has 5 nitrogen and oxygen atoms in total. The van der Waals surface area contributed by atoms with E-state index in [1.54, 1.807) is 6.07 Å². The predicted octanol–water partition coefficient (Wildman–Crippen LogP) is 2.20. The Balaban J connectivity index is 2.84. The summed E-state index contributed by atoms with van der Waals surface area (Å²) in [4.78, 5) is 22.1. The van der Waals surface area contributed by atoms with Crippen LogP contribution in [0.5, 0.6) is 0 Å². The normalized spacial score (nSPS) is 10.6. The molecule has 106 valence electrons. The number of thioether (sulfide) groups is 1. The molecule has 0 aliphatic carbocycles. The van der Waals surface area contributed by atoms with Crippen molar-refractivity contribution in [1.29, 1.82) is 0 Å². The zero-order valence-corrected chi connectivity index (χ0v) is 13.2. The highest BCUT2D eigenvalue weighted by molar-refractivity contribution is 7.98. The van der Waals surface area contributed by atoms with Gasteiger partial charge < -0.3 is 10.2 Å². The molecule has 1 N–H and O–H groups in total. The van der Waals surface area contributed by atoms with E-state index >= 15 is 0 Å². The van der Waals surface area contributed by atoms with Gasteiger partial charge in [0.15, 0.2) is 5.16 Å². The summed E-state index contributed by atoms with van der Waals surface area (Å²) in [5.74, 6) is 0.642. The number of hydrogen-bond acceptors (Lipinski definition) is 5. The van der Waals surface area contributed by atoms with Gasteiger partial charge in [-0.2, -0.15) is 0 Å². The summed E-state index contributed by atoms with van der Waals surface area (Å²) in [5.41, 5.74) is 0. The quantitative estimate of drug-likeness (QED) is 0.496. The molecule has 0 fully saturated rings. The Morgan fingerprint density at radius 1 is 1.53 bits per heavy atom. The van der Waals surface area contributed by atoms with Gasteiger partial charge in [0.05, 0.1) is 6.54 Å². The van der Waals surface area contributed by atoms with E-state index in [1.165, 1.54) is 11.8 Å². The number of halogens is 1. The summed E-state index contributed by atoms with van der Waals surface area (Å²) in [6.07, 6.45) is 1.89. The van der Waals surface area contributed by atoms with Crippen LogP contribution in [0, 0.1) is 0 Å². The Hall–Kier alpha value is -1.01. The lowest BCUT2D eigenvalue weighted by molar-refractivity contribution is -0.120. The number of hydrogen-bond donors (Lipinski definition) is 1. The Bertz CT molecular complexity index is 442. The van der Waals surface area contributed by atoms with Crippen LogP contribution in [-0.4, -0.2) is 41.3 Å². The summed E-state index contributed by atoms with van der Waals surface area (Å²) in [6, 6.07) is 1.80. The van der Waals surface area contributed by atoms with Gasteiger partial charge in [0, 0.05) is 18.7 Å². The van der Waals surface area contributed by atoms with Crippen LogP contribution < -0.4 is 10.2 Å². The van der Waals surface area contributed by atoms with Gasteiger partial charge in [0.1, 0.15) is 11.0 Å². The fourth-order valence-electron chi connectivity index (χ4n) is 1.53. The molecule has 1 amide bonds. The van der Waals surface area contributed by atoms with Crippen LogP contribution in [0.3, 0.4) is 0 Å². The number of aromatic nitrogens is 2. The zero-order chi connectivity index (χ0) is 14.4. The number of nitrogens with one attached hydrogen (secondary N) is 1. The Morgan fingerprint density at radius 3 is 2.74 bits per heavy atom. The Morgan fingerprint density at radius 2 is 2.21 bits per heavy atom. The van der Waals surface area contributed by atoms with Gasteiger partial charge >= 0.3 is 0 Å². The second-order valence-corrected chi connectivity index (χ2v) is 5.43. The molecule has 0 spiro atoms. The molecule has 0 saturated heterocycles. The van der Waals surface area contributed by atoms with Gasteiger partial charge in [-0.05, 0) is 27.0 Å². The summed E-state index contributed by atoms with van der Waals surface area (Å²) < 4.78 is 0. The number of likely N-dealkylation sites (N-methyl/N-ethyl adjacent to an activating group) is 1. The summed E-state index contributed by atoms with van der Waals surface area (Å²) in [6.45, 7) is 6.77. The Labute approximate surface area is 123 Å². The highest BCUT2D eigenvalue weighted by Gasteiger charge is 2.13. The molecule has 1 aromatic rings. The maximum atomic E-state index is 11.8. The minimum Gasteiger partial charge on any atom is -0.352 e. The molecule has 0 aromatic carbocycles. The van der Waals surface area contributed by atoms with Crippen LogP contribution >= 0.6 is 23.4 Å². The molecule has 0 radical (unpaired) electrons. The molecule has 1 aromatic heterocycles. The monoisotopic (exact) mass is 302 g/mol. The van der Waals surface area contributed by atoms with Crippen LogP contribution in [-0.2, 0) is 4.79 Å². The van der Waals surface area contributed by atoms with Gasteiger partial charge in [0.2, 0.25) is 5.91 Å². The van der Waals surface area contributed by atoms with Crippen molar-refractivity contribution in [1.82, 2.24) is 15.3 Å². The van der Waals surface area contributed by atoms with E-state index in [9.17, 15) is 4.79 Å². The van der Waals surface area contributed by atoms with E-state index in [0.717, 1.165) is 0 Å². The number of amides is 1. The molecule has 7 heteroatoms. The fraction of sp³-hybridized carbons (Fsp3) is 0.583. The van der Waals surface area contributed by atoms with Crippen LogP contribution in [0.1, 0.15) is 20.8 Å². The van der Waals surface area contributed by atoms with Crippen molar-refractivity contribution in [2.24, 2.45) is 0 Å². The topological polar surface area (TPSA) is 58.1 Å². The smallest absolute Gasteiger partial charge is 0.239 e. The molecule has 0 unspecified atom stereocenters. The largest absolute Gasteiger partial charge is 0.352 e. The molecule has 0 aliphatic rings. The van der Waals surface area contributed by atoms with E-state index in [-0.39, 0.29) is 18.5 Å². The molecule has 0 saturated carbocycles. The molecule has 0 atom stereocenters. The first-order valence-corrected chi connectivity index (χ1v) is 7.69. The van der Waals surface area contributed by atoms with Gasteiger partial charge in [-0.1, -0.05) is 23.4 Å². The number of nitrogens with zero attached hydrogens (tertiary/aromatic N) is 3. The molecule has 1 heterocycles. The van der Waals surface area contributed by atoms with Crippen molar-refractivity contribution in [3.63, 3.8) is 0 Å². The van der Waals surface area contributed by atoms with Gasteiger partial charge in [-0.3, -0.25) is 4.79 Å². The second kappa shape index (κ2) is 7.55. The SMILES string of the molecule is CCN(CC(=O)NC(C)C)c1cc(Cl)nc(SC)n1. The van der Waals surface area contributed by atoms with E-state index in [0.29, 0.717) is 22.7 Å². The van der Waals surface area contributed by atoms with Gasteiger partial charge in [-0.15, -0.1) is 0 Å². The lowest BCUT2D eigenvalue weighted by Crippen LogP contribution is -2.40. The second-order valence-electron chi connectivity index (χ2n) is 4.27. The van der Waals surface area contributed by atoms with Crippen molar-refractivity contribution in [2.75, 3.05) is 24.2 Å². The lowest BCUT2D eigenvalue weighted by Gasteiger charge is -2.22. The standard InChI is InChI=1S/C12H19ClN4OS/c1-5-17(7-11(18)14-8(2)3)10-6-9(13)15-12(16-10)19-4/h6,8H,5,7H2,1-4H3,(H,14,18). The lowest BCUT2D eigenvalue weighted by atomic mass is 10.3. The number of anilines is 1. The third kappa shape index (κ3) is 5.24. The van der Waals surface area contributed by atoms with Crippen LogP contribution in [0.25, 0.3) is 0 Å². The average molecular weight is 303 g/mol. The highest BCUT2D eigenvalue weighted by atomic mass is 35.5. The van der Waals surface area contributed by atoms with Crippen LogP contribution in [0.15, 0.2) is 11.2 Å². The zero-order valence-electron chi connectivity index (χ0n) is 11.6. The third-order valence-electron chi connectivity index (χ3n) is 2.33. The molecule has 1 rings (SSSR count). The fourth-order valence-corrected chi connectivity index (χ4v) is 2.14. The van der Waals surface area contributed by atoms with Gasteiger partial charge in [-0.25, -0.2) is 9.97 Å². The van der Waals surface area contributed by atoms with Crippen molar-refractivity contribution < 1.29 is 4.79 Å². The summed E-state index contributed by atoms with van der Waals surface area (Å²) in [5, 5.41) is 3.85. The number of rotatable bonds is 6. The maximum Gasteiger partial charge on any atom is 0.239 e. The van der Waals surface area contributed by atoms with Crippen molar-refractivity contribution in [3.05, 3.63) is 11.2 Å². The molecular weight excluding hydrogens is 284 g/mol. The number of carbonyl (C=O) groups is 1. The predicted molar refractivity (Wildman–Crippen MR) is 80.0 cm³/mol. The van der Waals surface area contributed by atoms with E-state index in [2.05, 4.69) is 15.3 Å². The first kappa shape index (κ1) is 16.0. The molecule has 0 aliphatic heterocycles. The first-order chi connectivity index (χ1) is 8.96. The van der Waals surface area contributed by atoms with E-state index in [4.69, 9.17) is 11.6 Å². The molecule has 0 bridgehead atoms. The summed E-state index contributed by atoms with van der Waals surface area (Å²) in [7, 11) is 0. The van der Waals surface area contributed by atoms with E-state index < -0.39 is 0 Å². The van der Waals surface area contributed by atoms with Crippen molar-refractivity contribution >= 4 is 35.1 Å². The highest BCUT2D eigenvalue weighted by Crippen LogP contribution is 2.20. The Kier molecular flexibility index (Phi) is 6.37. The van der Waals surface area contributed by atoms with E-state index in [1.807, 2.05) is 31.9 Å².